The molecular formula is C2H3NO2WY. The maximum atomic E-state index is 8.99. The van der Waals surface area contributed by atoms with Crippen LogP contribution in [0.5, 0.6) is 0 Å². The van der Waals surface area contributed by atoms with Crippen molar-refractivity contribution in [2.24, 2.45) is 5.16 Å². The summed E-state index contributed by atoms with van der Waals surface area (Å²) in [5, 5.41) is 2.67. The molecule has 0 aromatic rings. The molecule has 37 valence electrons. The van der Waals surface area contributed by atoms with E-state index in [2.05, 4.69) is 9.99 Å². The molecule has 0 spiro atoms. The third-order valence-electron chi connectivity index (χ3n) is 0.129. The van der Waals surface area contributed by atoms with Gasteiger partial charge in [-0.3, -0.25) is 0 Å². The quantitative estimate of drug-likeness (QED) is 0.377. The molecule has 3 nitrogen and oxygen atoms in total. The first-order chi connectivity index (χ1) is 2.41. The molecule has 0 aliphatic rings. The fourth-order valence-electron chi connectivity index (χ4n) is 0.0373. The Kier molecular flexibility index (Phi) is 35.3. The molecule has 0 aliphatic carbocycles. The fourth-order valence-corrected chi connectivity index (χ4v) is 0.0373. The van der Waals surface area contributed by atoms with Gasteiger partial charge >= 0.3 is 0 Å². The summed E-state index contributed by atoms with van der Waals surface area (Å²) < 4.78 is 0. The van der Waals surface area contributed by atoms with E-state index in [1.54, 1.807) is 0 Å². The van der Waals surface area contributed by atoms with Crippen LogP contribution >= 0.6 is 0 Å². The second-order valence-corrected chi connectivity index (χ2v) is 0.365. The molecule has 0 bridgehead atoms. The summed E-state index contributed by atoms with van der Waals surface area (Å²) in [7, 11) is 1.28. The molecule has 0 N–H and O–H groups in total. The average molecular weight is 346 g/mol. The second kappa shape index (κ2) is 15.8. The Morgan fingerprint density at radius 2 is 2.14 bits per heavy atom. The van der Waals surface area contributed by atoms with Gasteiger partial charge in [-0.2, -0.15) is 0 Å². The van der Waals surface area contributed by atoms with E-state index in [9.17, 15) is 0 Å². The van der Waals surface area contributed by atoms with Crippen molar-refractivity contribution in [1.29, 1.82) is 0 Å². The maximum absolute atomic E-state index is 8.99. The van der Waals surface area contributed by atoms with Gasteiger partial charge in [-0.25, -0.2) is 4.79 Å². The minimum Gasteiger partial charge on any atom is -0.390 e. The summed E-state index contributed by atoms with van der Waals surface area (Å²) in [6.45, 7) is 0. The summed E-state index contributed by atoms with van der Waals surface area (Å²) in [5.74, 6) is 0. The van der Waals surface area contributed by atoms with Crippen molar-refractivity contribution >= 4 is 6.08 Å². The van der Waals surface area contributed by atoms with Crippen molar-refractivity contribution in [3.8, 4) is 0 Å². The molecule has 0 heterocycles. The van der Waals surface area contributed by atoms with Crippen molar-refractivity contribution in [3.63, 3.8) is 0 Å². The smallest absolute Gasteiger partial charge is 0.276 e. The third-order valence-corrected chi connectivity index (χ3v) is 0.129. The normalized spacial score (nSPS) is 3.57. The Morgan fingerprint density at radius 3 is 2.14 bits per heavy atom. The molecule has 0 aliphatic heterocycles. The SMILES string of the molecule is CON=C=O.[W].[Y]. The zero-order valence-electron chi connectivity index (χ0n) is 3.75. The predicted molar refractivity (Wildman–Crippen MR) is 15.1 cm³/mol. The van der Waals surface area contributed by atoms with Crippen LogP contribution in [0.3, 0.4) is 0 Å². The van der Waals surface area contributed by atoms with Gasteiger partial charge in [0.05, 0.1) is 0 Å². The van der Waals surface area contributed by atoms with Gasteiger partial charge in [0.15, 0.2) is 0 Å². The molecule has 0 amide bonds. The van der Waals surface area contributed by atoms with E-state index in [-0.39, 0.29) is 53.8 Å². The summed E-state index contributed by atoms with van der Waals surface area (Å²) in [4.78, 5) is 12.9. The zero-order valence-corrected chi connectivity index (χ0v) is 9.52. The van der Waals surface area contributed by atoms with E-state index >= 15 is 0 Å². The van der Waals surface area contributed by atoms with Crippen molar-refractivity contribution in [2.75, 3.05) is 7.11 Å². The molecule has 0 rings (SSSR count). The van der Waals surface area contributed by atoms with Gasteiger partial charge < -0.3 is 4.84 Å². The molecule has 5 heteroatoms. The molecule has 7 heavy (non-hydrogen) atoms. The van der Waals surface area contributed by atoms with Crippen molar-refractivity contribution in [3.05, 3.63) is 0 Å². The minimum atomic E-state index is 0. The van der Waals surface area contributed by atoms with E-state index in [0.29, 0.717) is 0 Å². The van der Waals surface area contributed by atoms with Crippen molar-refractivity contribution in [1.82, 2.24) is 0 Å². The van der Waals surface area contributed by atoms with Crippen LogP contribution in [0.25, 0.3) is 0 Å². The number of nitrogens with zero attached hydrogens (tertiary/aromatic N) is 1. The first-order valence-corrected chi connectivity index (χ1v) is 1.02. The van der Waals surface area contributed by atoms with Crippen molar-refractivity contribution in [2.45, 2.75) is 0 Å². The number of hydrogen-bond acceptors (Lipinski definition) is 3. The number of rotatable bonds is 1. The van der Waals surface area contributed by atoms with Gasteiger partial charge in [0, 0.05) is 58.9 Å². The number of carbonyl (C=O) groups excluding carboxylic acids is 1. The van der Waals surface area contributed by atoms with Crippen LogP contribution in [0.1, 0.15) is 0 Å². The molecule has 1 radical (unpaired) electrons. The molecule has 0 fully saturated rings. The van der Waals surface area contributed by atoms with Crippen LogP contribution in [-0.2, 0) is 63.4 Å². The number of hydrogen-bond donors (Lipinski definition) is 0. The summed E-state index contributed by atoms with van der Waals surface area (Å²) in [6.07, 6.45) is 1.17. The van der Waals surface area contributed by atoms with Crippen LogP contribution < -0.4 is 0 Å². The largest absolute Gasteiger partial charge is 0.390 e. The van der Waals surface area contributed by atoms with Crippen LogP contribution in [-0.4, -0.2) is 13.2 Å². The molecule has 0 aromatic heterocycles. The Bertz CT molecular complexity index is 62.7. The van der Waals surface area contributed by atoms with E-state index in [0.717, 1.165) is 0 Å². The van der Waals surface area contributed by atoms with Crippen LogP contribution in [0.15, 0.2) is 5.16 Å². The van der Waals surface area contributed by atoms with E-state index in [4.69, 9.17) is 4.79 Å². The molecular weight excluding hydrogens is 343 g/mol. The minimum absolute atomic E-state index is 0. The van der Waals surface area contributed by atoms with Crippen molar-refractivity contribution < 1.29 is 63.4 Å². The van der Waals surface area contributed by atoms with Gasteiger partial charge in [-0.05, 0) is 0 Å². The van der Waals surface area contributed by atoms with Gasteiger partial charge in [0.2, 0.25) is 0 Å². The maximum Gasteiger partial charge on any atom is 0.276 e. The van der Waals surface area contributed by atoms with Crippen LogP contribution in [0, 0.1) is 0 Å². The van der Waals surface area contributed by atoms with Gasteiger partial charge in [0.1, 0.15) is 7.11 Å². The summed E-state index contributed by atoms with van der Waals surface area (Å²) in [6, 6.07) is 0. The van der Waals surface area contributed by atoms with Crippen LogP contribution in [0.4, 0.5) is 0 Å². The molecule has 0 saturated heterocycles. The standard InChI is InChI=1S/C2H3NO2.W.Y/c1-5-3-2-4;;/h1H3;;. The second-order valence-electron chi connectivity index (χ2n) is 0.365. The molecule has 0 atom stereocenters. The first kappa shape index (κ1) is 15.7. The third kappa shape index (κ3) is 19.5. The van der Waals surface area contributed by atoms with Gasteiger partial charge in [-0.1, -0.05) is 0 Å². The first-order valence-electron chi connectivity index (χ1n) is 1.02. The Balaban J connectivity index is -0.0000000800. The Hall–Kier alpha value is 0.972. The molecule has 0 unspecified atom stereocenters. The summed E-state index contributed by atoms with van der Waals surface area (Å²) in [5.41, 5.74) is 0. The topological polar surface area (TPSA) is 38.7 Å². The zero-order chi connectivity index (χ0) is 4.12. The van der Waals surface area contributed by atoms with Crippen LogP contribution in [0.2, 0.25) is 0 Å². The summed E-state index contributed by atoms with van der Waals surface area (Å²) >= 11 is 0. The van der Waals surface area contributed by atoms with Gasteiger partial charge in [0.25, 0.3) is 6.08 Å². The molecule has 0 aromatic carbocycles. The monoisotopic (exact) mass is 346 g/mol. The Morgan fingerprint density at radius 1 is 1.71 bits per heavy atom. The van der Waals surface area contributed by atoms with Gasteiger partial charge in [-0.15, -0.1) is 0 Å². The molecule has 0 saturated carbocycles. The van der Waals surface area contributed by atoms with E-state index in [1.165, 1.54) is 13.2 Å². The number of isocyanates is 1. The fraction of sp³-hybridized carbons (Fsp3) is 0.500. The van der Waals surface area contributed by atoms with E-state index in [1.807, 2.05) is 0 Å². The Labute approximate surface area is 81.0 Å². The van der Waals surface area contributed by atoms with E-state index < -0.39 is 0 Å². The average Bonchev–Trinajstić information content (AvgIpc) is 1.41. The predicted octanol–water partition coefficient (Wildman–Crippen LogP) is -0.121.